The number of nitrogens with zero attached hydrogens (tertiary/aromatic N) is 5. The van der Waals surface area contributed by atoms with Gasteiger partial charge in [0.2, 0.25) is 0 Å². The Morgan fingerprint density at radius 3 is 2.44 bits per heavy atom. The number of pyridine rings is 1. The molecule has 6 nitrogen and oxygen atoms in total. The second-order valence-electron chi connectivity index (χ2n) is 6.15. The molecule has 0 saturated carbocycles. The quantitative estimate of drug-likeness (QED) is 0.638. The van der Waals surface area contributed by atoms with Crippen LogP contribution in [0.5, 0.6) is 0 Å². The molecule has 27 heavy (non-hydrogen) atoms. The fourth-order valence-electron chi connectivity index (χ4n) is 2.86. The lowest BCUT2D eigenvalue weighted by molar-refractivity contribution is 0.0757. The lowest BCUT2D eigenvalue weighted by atomic mass is 10.1. The van der Waals surface area contributed by atoms with Gasteiger partial charge in [-0.3, -0.25) is 9.78 Å². The summed E-state index contributed by atoms with van der Waals surface area (Å²) in [5.74, 6) is -0.497. The number of hydrogen-bond acceptors (Lipinski definition) is 4. The molecule has 2 aromatic heterocycles. The van der Waals surface area contributed by atoms with Gasteiger partial charge in [0.25, 0.3) is 5.91 Å². The number of carbonyl (C=O) groups is 1. The standard InChI is InChI=1S/C20H22FN5O/c1-3-5-14-25(4-2)20(27)18-19(15-10-12-22-13-11-15)26(24-23-18)17-8-6-16(21)7-9-17/h6-13H,3-5,14H2,1-2H3. The summed E-state index contributed by atoms with van der Waals surface area (Å²) < 4.78 is 14.9. The van der Waals surface area contributed by atoms with Crippen molar-refractivity contribution < 1.29 is 9.18 Å². The Morgan fingerprint density at radius 1 is 1.11 bits per heavy atom. The second kappa shape index (κ2) is 8.53. The summed E-state index contributed by atoms with van der Waals surface area (Å²) in [6.07, 6.45) is 5.24. The highest BCUT2D eigenvalue weighted by molar-refractivity contribution is 5.98. The van der Waals surface area contributed by atoms with Gasteiger partial charge in [0.15, 0.2) is 5.69 Å². The first-order chi connectivity index (χ1) is 13.2. The monoisotopic (exact) mass is 367 g/mol. The van der Waals surface area contributed by atoms with Crippen molar-refractivity contribution in [2.45, 2.75) is 26.7 Å². The lowest BCUT2D eigenvalue weighted by Gasteiger charge is -2.20. The van der Waals surface area contributed by atoms with Gasteiger partial charge in [-0.25, -0.2) is 9.07 Å². The summed E-state index contributed by atoms with van der Waals surface area (Å²) in [5, 5.41) is 8.36. The van der Waals surface area contributed by atoms with E-state index in [1.807, 2.05) is 6.92 Å². The van der Waals surface area contributed by atoms with Crippen molar-refractivity contribution in [1.82, 2.24) is 24.9 Å². The highest BCUT2D eigenvalue weighted by Gasteiger charge is 2.25. The van der Waals surface area contributed by atoms with Crippen LogP contribution in [0.1, 0.15) is 37.2 Å². The van der Waals surface area contributed by atoms with Gasteiger partial charge >= 0.3 is 0 Å². The first-order valence-corrected chi connectivity index (χ1v) is 9.07. The van der Waals surface area contributed by atoms with E-state index < -0.39 is 0 Å². The third kappa shape index (κ3) is 4.02. The maximum absolute atomic E-state index is 13.3. The molecule has 0 aliphatic carbocycles. The van der Waals surface area contributed by atoms with Crippen molar-refractivity contribution in [1.29, 1.82) is 0 Å². The van der Waals surface area contributed by atoms with E-state index in [0.717, 1.165) is 18.4 Å². The van der Waals surface area contributed by atoms with E-state index in [1.54, 1.807) is 46.2 Å². The summed E-state index contributed by atoms with van der Waals surface area (Å²) in [5.41, 5.74) is 2.26. The summed E-state index contributed by atoms with van der Waals surface area (Å²) >= 11 is 0. The number of rotatable bonds is 7. The molecule has 0 unspecified atom stereocenters. The average molecular weight is 367 g/mol. The minimum Gasteiger partial charge on any atom is -0.337 e. The van der Waals surface area contributed by atoms with Gasteiger partial charge in [0, 0.05) is 31.0 Å². The largest absolute Gasteiger partial charge is 0.337 e. The normalized spacial score (nSPS) is 10.8. The van der Waals surface area contributed by atoms with Crippen LogP contribution < -0.4 is 0 Å². The molecule has 0 aliphatic heterocycles. The molecule has 0 atom stereocenters. The fourth-order valence-corrected chi connectivity index (χ4v) is 2.86. The summed E-state index contributed by atoms with van der Waals surface area (Å²) in [4.78, 5) is 18.9. The molecule has 0 N–H and O–H groups in total. The zero-order valence-electron chi connectivity index (χ0n) is 15.5. The molecule has 0 bridgehead atoms. The van der Waals surface area contributed by atoms with Crippen LogP contribution in [0, 0.1) is 5.82 Å². The van der Waals surface area contributed by atoms with Crippen LogP contribution in [0.15, 0.2) is 48.8 Å². The molecular formula is C20H22FN5O. The predicted molar refractivity (Wildman–Crippen MR) is 101 cm³/mol. The number of amides is 1. The molecule has 0 aliphatic rings. The van der Waals surface area contributed by atoms with E-state index in [9.17, 15) is 9.18 Å². The Morgan fingerprint density at radius 2 is 1.81 bits per heavy atom. The Kier molecular flexibility index (Phi) is 5.90. The number of aromatic nitrogens is 4. The first kappa shape index (κ1) is 18.7. The molecule has 0 saturated heterocycles. The molecule has 0 radical (unpaired) electrons. The Labute approximate surface area is 157 Å². The Hall–Kier alpha value is -3.09. The Balaban J connectivity index is 2.09. The van der Waals surface area contributed by atoms with E-state index in [4.69, 9.17) is 0 Å². The van der Waals surface area contributed by atoms with Gasteiger partial charge in [0.05, 0.1) is 5.69 Å². The SMILES string of the molecule is CCCCN(CC)C(=O)c1nnn(-c2ccc(F)cc2)c1-c1ccncc1. The number of hydrogen-bond donors (Lipinski definition) is 0. The minimum absolute atomic E-state index is 0.161. The topological polar surface area (TPSA) is 63.9 Å². The summed E-state index contributed by atoms with van der Waals surface area (Å²) in [6.45, 7) is 5.30. The Bertz CT molecular complexity index is 892. The molecule has 3 aromatic rings. The molecule has 2 heterocycles. The highest BCUT2D eigenvalue weighted by Crippen LogP contribution is 2.26. The van der Waals surface area contributed by atoms with Crippen molar-refractivity contribution in [3.63, 3.8) is 0 Å². The number of carbonyl (C=O) groups excluding carboxylic acids is 1. The van der Waals surface area contributed by atoms with E-state index in [0.29, 0.717) is 24.5 Å². The third-order valence-electron chi connectivity index (χ3n) is 4.35. The zero-order valence-corrected chi connectivity index (χ0v) is 15.5. The summed E-state index contributed by atoms with van der Waals surface area (Å²) in [7, 11) is 0. The average Bonchev–Trinajstić information content (AvgIpc) is 3.14. The molecule has 0 spiro atoms. The van der Waals surface area contributed by atoms with Gasteiger partial charge < -0.3 is 4.90 Å². The molecule has 140 valence electrons. The predicted octanol–water partition coefficient (Wildman–Crippen LogP) is 3.73. The highest BCUT2D eigenvalue weighted by atomic mass is 19.1. The van der Waals surface area contributed by atoms with Crippen molar-refractivity contribution in [3.05, 3.63) is 60.3 Å². The van der Waals surface area contributed by atoms with Gasteiger partial charge in [-0.15, -0.1) is 5.10 Å². The van der Waals surface area contributed by atoms with Crippen molar-refractivity contribution in [3.8, 4) is 16.9 Å². The molecule has 3 rings (SSSR count). The van der Waals surface area contributed by atoms with E-state index >= 15 is 0 Å². The van der Waals surface area contributed by atoms with Crippen LogP contribution in [0.25, 0.3) is 16.9 Å². The van der Waals surface area contributed by atoms with Crippen LogP contribution in [0.2, 0.25) is 0 Å². The number of unbranched alkanes of at least 4 members (excludes halogenated alkanes) is 1. The smallest absolute Gasteiger partial charge is 0.276 e. The van der Waals surface area contributed by atoms with E-state index in [1.165, 1.54) is 12.1 Å². The molecule has 1 aromatic carbocycles. The maximum Gasteiger partial charge on any atom is 0.276 e. The van der Waals surface area contributed by atoms with Crippen LogP contribution in [0.3, 0.4) is 0 Å². The zero-order chi connectivity index (χ0) is 19.2. The maximum atomic E-state index is 13.3. The fraction of sp³-hybridized carbons (Fsp3) is 0.300. The molecule has 0 fully saturated rings. The van der Waals surface area contributed by atoms with Gasteiger partial charge in [-0.2, -0.15) is 0 Å². The molecule has 7 heteroatoms. The van der Waals surface area contributed by atoms with Crippen LogP contribution in [-0.2, 0) is 0 Å². The van der Waals surface area contributed by atoms with Crippen molar-refractivity contribution in [2.24, 2.45) is 0 Å². The van der Waals surface area contributed by atoms with Crippen LogP contribution in [0.4, 0.5) is 4.39 Å². The first-order valence-electron chi connectivity index (χ1n) is 9.07. The molecular weight excluding hydrogens is 345 g/mol. The van der Waals surface area contributed by atoms with Crippen LogP contribution >= 0.6 is 0 Å². The van der Waals surface area contributed by atoms with Crippen LogP contribution in [-0.4, -0.2) is 43.9 Å². The van der Waals surface area contributed by atoms with Crippen molar-refractivity contribution >= 4 is 5.91 Å². The molecule has 1 amide bonds. The van der Waals surface area contributed by atoms with E-state index in [-0.39, 0.29) is 17.4 Å². The summed E-state index contributed by atoms with van der Waals surface area (Å²) in [6, 6.07) is 9.54. The minimum atomic E-state index is -0.336. The van der Waals surface area contributed by atoms with E-state index in [2.05, 4.69) is 22.2 Å². The lowest BCUT2D eigenvalue weighted by Crippen LogP contribution is -2.32. The van der Waals surface area contributed by atoms with Gasteiger partial charge in [0.1, 0.15) is 11.5 Å². The van der Waals surface area contributed by atoms with Gasteiger partial charge in [-0.05, 0) is 49.7 Å². The number of benzene rings is 1. The second-order valence-corrected chi connectivity index (χ2v) is 6.15. The number of halogens is 1. The van der Waals surface area contributed by atoms with Gasteiger partial charge in [-0.1, -0.05) is 18.6 Å². The van der Waals surface area contributed by atoms with Crippen molar-refractivity contribution in [2.75, 3.05) is 13.1 Å². The third-order valence-corrected chi connectivity index (χ3v) is 4.35.